The molecular weight excluding hydrogens is 432 g/mol. The van der Waals surface area contributed by atoms with E-state index in [1.807, 2.05) is 0 Å². The molecule has 6 aromatic rings. The molecule has 36 heavy (non-hydrogen) atoms. The maximum Gasteiger partial charge on any atom is -0.00104 e. The van der Waals surface area contributed by atoms with E-state index in [9.17, 15) is 0 Å². The quantitative estimate of drug-likeness (QED) is 0.228. The van der Waals surface area contributed by atoms with E-state index in [1.54, 1.807) is 0 Å². The molecule has 168 valence electrons. The summed E-state index contributed by atoms with van der Waals surface area (Å²) in [4.78, 5) is 0. The first-order valence-electron chi connectivity index (χ1n) is 12.8. The molecule has 0 N–H and O–H groups in total. The van der Waals surface area contributed by atoms with Crippen LogP contribution in [0.5, 0.6) is 0 Å². The minimum absolute atomic E-state index is 1.04. The fourth-order valence-electron chi connectivity index (χ4n) is 6.62. The molecule has 0 amide bonds. The largest absolute Gasteiger partial charge is 0.0622 e. The topological polar surface area (TPSA) is 0 Å². The van der Waals surface area contributed by atoms with Crippen LogP contribution in [0.25, 0.3) is 54.9 Å². The molecule has 0 spiro atoms. The molecule has 0 atom stereocenters. The Balaban J connectivity index is 1.36. The van der Waals surface area contributed by atoms with Crippen LogP contribution in [0.2, 0.25) is 0 Å². The maximum atomic E-state index is 2.46. The van der Waals surface area contributed by atoms with Gasteiger partial charge in [-0.2, -0.15) is 0 Å². The van der Waals surface area contributed by atoms with Gasteiger partial charge in [0.05, 0.1) is 0 Å². The summed E-state index contributed by atoms with van der Waals surface area (Å²) in [6.07, 6.45) is 2.10. The van der Waals surface area contributed by atoms with Crippen molar-refractivity contribution in [1.82, 2.24) is 0 Å². The highest BCUT2D eigenvalue weighted by Gasteiger charge is 2.29. The normalized spacial score (nSPS) is 13.8. The van der Waals surface area contributed by atoms with Gasteiger partial charge in [0.2, 0.25) is 0 Å². The smallest absolute Gasteiger partial charge is 0.00104 e. The first-order valence-corrected chi connectivity index (χ1v) is 12.8. The molecule has 0 nitrogen and oxygen atoms in total. The zero-order chi connectivity index (χ0) is 23.6. The molecule has 0 heterocycles. The maximum absolute atomic E-state index is 2.46. The van der Waals surface area contributed by atoms with Crippen molar-refractivity contribution in [3.8, 4) is 22.3 Å². The Morgan fingerprint density at radius 1 is 0.361 bits per heavy atom. The Labute approximate surface area is 211 Å². The summed E-state index contributed by atoms with van der Waals surface area (Å²) < 4.78 is 0. The summed E-state index contributed by atoms with van der Waals surface area (Å²) in [5, 5.41) is 5.26. The van der Waals surface area contributed by atoms with Crippen molar-refractivity contribution in [2.45, 2.75) is 12.8 Å². The third kappa shape index (κ3) is 2.76. The van der Waals surface area contributed by atoms with Gasteiger partial charge in [0, 0.05) is 0 Å². The van der Waals surface area contributed by atoms with Crippen molar-refractivity contribution >= 4 is 32.7 Å². The third-order valence-electron chi connectivity index (χ3n) is 8.15. The van der Waals surface area contributed by atoms with Crippen LogP contribution in [0.4, 0.5) is 0 Å². The Morgan fingerprint density at radius 3 is 1.53 bits per heavy atom. The monoisotopic (exact) mass is 456 g/mol. The molecule has 0 unspecified atom stereocenters. The van der Waals surface area contributed by atoms with Gasteiger partial charge >= 0.3 is 0 Å². The Kier molecular flexibility index (Phi) is 4.15. The lowest BCUT2D eigenvalue weighted by atomic mass is 9.85. The molecule has 0 heteroatoms. The molecule has 8 rings (SSSR count). The van der Waals surface area contributed by atoms with Crippen LogP contribution >= 0.6 is 0 Å². The van der Waals surface area contributed by atoms with E-state index < -0.39 is 0 Å². The van der Waals surface area contributed by atoms with E-state index >= 15 is 0 Å². The Morgan fingerprint density at radius 2 is 0.861 bits per heavy atom. The van der Waals surface area contributed by atoms with Gasteiger partial charge in [-0.1, -0.05) is 121 Å². The minimum Gasteiger partial charge on any atom is -0.0622 e. The predicted octanol–water partition coefficient (Wildman–Crippen LogP) is 9.35. The second-order valence-electron chi connectivity index (χ2n) is 10.0. The third-order valence-corrected chi connectivity index (χ3v) is 8.15. The lowest BCUT2D eigenvalue weighted by Crippen LogP contribution is -1.94. The number of hydrogen-bond donors (Lipinski definition) is 0. The van der Waals surface area contributed by atoms with Crippen LogP contribution < -0.4 is 0 Å². The van der Waals surface area contributed by atoms with Gasteiger partial charge < -0.3 is 0 Å². The molecule has 0 aliphatic heterocycles. The number of rotatable bonds is 2. The average molecular weight is 457 g/mol. The molecule has 6 aromatic carbocycles. The van der Waals surface area contributed by atoms with E-state index in [4.69, 9.17) is 0 Å². The molecule has 2 aliphatic carbocycles. The lowest BCUT2D eigenvalue weighted by molar-refractivity contribution is 1.26. The summed E-state index contributed by atoms with van der Waals surface area (Å²) in [5.74, 6) is 0. The molecule has 0 bridgehead atoms. The molecule has 2 aliphatic rings. The van der Waals surface area contributed by atoms with Gasteiger partial charge in [0.15, 0.2) is 0 Å². The summed E-state index contributed by atoms with van der Waals surface area (Å²) in [5.41, 5.74) is 14.2. The molecule has 0 aromatic heterocycles. The molecule has 0 fully saturated rings. The fourth-order valence-corrected chi connectivity index (χ4v) is 6.62. The van der Waals surface area contributed by atoms with Crippen LogP contribution in [-0.2, 0) is 12.8 Å². The zero-order valence-electron chi connectivity index (χ0n) is 20.0. The van der Waals surface area contributed by atoms with Gasteiger partial charge in [-0.15, -0.1) is 0 Å². The summed E-state index contributed by atoms with van der Waals surface area (Å²) in [6, 6.07) is 44.8. The number of fused-ring (bicyclic) bond motifs is 6. The van der Waals surface area contributed by atoms with Crippen LogP contribution in [0.3, 0.4) is 0 Å². The van der Waals surface area contributed by atoms with Crippen molar-refractivity contribution in [2.75, 3.05) is 0 Å². The minimum atomic E-state index is 1.04. The number of hydrogen-bond acceptors (Lipinski definition) is 0. The van der Waals surface area contributed by atoms with Crippen LogP contribution in [0, 0.1) is 0 Å². The van der Waals surface area contributed by atoms with Gasteiger partial charge in [-0.25, -0.2) is 0 Å². The van der Waals surface area contributed by atoms with Crippen molar-refractivity contribution < 1.29 is 0 Å². The standard InChI is InChI=1S/C36H24/c1-2-10-23(11-3-1)35-29-14-6-8-16-31(29)36(32-17-9-7-15-30(32)35)25-18-19-28-26(20-25)22-34-27-13-5-4-12-24(27)21-33(28)34/h1-20H,21-22H2. The fraction of sp³-hybridized carbons (Fsp3) is 0.0556. The van der Waals surface area contributed by atoms with E-state index in [0.717, 1.165) is 12.8 Å². The van der Waals surface area contributed by atoms with Gasteiger partial charge in [-0.05, 0) is 90.0 Å². The number of allylic oxidation sites excluding steroid dienone is 2. The Hall–Kier alpha value is -4.42. The Bertz CT molecular complexity index is 1810. The predicted molar refractivity (Wildman–Crippen MR) is 153 cm³/mol. The molecule has 0 saturated heterocycles. The summed E-state index contributed by atoms with van der Waals surface area (Å²) >= 11 is 0. The van der Waals surface area contributed by atoms with E-state index in [-0.39, 0.29) is 0 Å². The van der Waals surface area contributed by atoms with Crippen LogP contribution in [0.1, 0.15) is 22.3 Å². The van der Waals surface area contributed by atoms with Gasteiger partial charge in [-0.3, -0.25) is 0 Å². The van der Waals surface area contributed by atoms with E-state index in [1.165, 1.54) is 77.2 Å². The SMILES string of the molecule is c1ccc(-c2c3ccccc3c(-c3ccc4c(c3)CC3=C4Cc4ccccc43)c3ccccc23)cc1. The second kappa shape index (κ2) is 7.54. The molecule has 0 radical (unpaired) electrons. The highest BCUT2D eigenvalue weighted by Crippen LogP contribution is 2.49. The lowest BCUT2D eigenvalue weighted by Gasteiger charge is -2.18. The second-order valence-corrected chi connectivity index (χ2v) is 10.0. The van der Waals surface area contributed by atoms with Crippen molar-refractivity contribution in [3.05, 3.63) is 144 Å². The van der Waals surface area contributed by atoms with Crippen LogP contribution in [-0.4, -0.2) is 0 Å². The summed E-state index contributed by atoms with van der Waals surface area (Å²) in [7, 11) is 0. The van der Waals surface area contributed by atoms with E-state index in [2.05, 4.69) is 121 Å². The first kappa shape index (κ1) is 19.8. The summed E-state index contributed by atoms with van der Waals surface area (Å²) in [6.45, 7) is 0. The zero-order valence-corrected chi connectivity index (χ0v) is 20.0. The van der Waals surface area contributed by atoms with Gasteiger partial charge in [0.1, 0.15) is 0 Å². The molecule has 0 saturated carbocycles. The highest BCUT2D eigenvalue weighted by molar-refractivity contribution is 6.21. The molecular formula is C36H24. The van der Waals surface area contributed by atoms with Gasteiger partial charge in [0.25, 0.3) is 0 Å². The van der Waals surface area contributed by atoms with Crippen LogP contribution in [0.15, 0.2) is 121 Å². The van der Waals surface area contributed by atoms with Crippen molar-refractivity contribution in [2.24, 2.45) is 0 Å². The first-order chi connectivity index (χ1) is 17.9. The highest BCUT2D eigenvalue weighted by atomic mass is 14.3. The van der Waals surface area contributed by atoms with Crippen molar-refractivity contribution in [3.63, 3.8) is 0 Å². The van der Waals surface area contributed by atoms with E-state index in [0.29, 0.717) is 0 Å². The average Bonchev–Trinajstić information content (AvgIpc) is 3.48. The number of benzene rings is 6. The van der Waals surface area contributed by atoms with Crippen molar-refractivity contribution in [1.29, 1.82) is 0 Å².